The maximum Gasteiger partial charge on any atom is 0.144 e. The summed E-state index contributed by atoms with van der Waals surface area (Å²) in [5.41, 5.74) is 0.527. The molecule has 0 fully saturated rings. The Kier molecular flexibility index (Phi) is 4.40. The Morgan fingerprint density at radius 3 is 2.53 bits per heavy atom. The molecule has 0 aliphatic rings. The number of methoxy groups -OCH3 is 1. The molecule has 1 atom stereocenters. The average molecular weight is 257 g/mol. The van der Waals surface area contributed by atoms with Crippen molar-refractivity contribution >= 4 is 17.2 Å². The van der Waals surface area contributed by atoms with Gasteiger partial charge < -0.3 is 4.74 Å². The highest BCUT2D eigenvalue weighted by atomic mass is 32.2. The fraction of sp³-hybridized carbons (Fsp3) is 0.417. The molecule has 0 saturated heterocycles. The predicted molar refractivity (Wildman–Crippen MR) is 68.4 cm³/mol. The van der Waals surface area contributed by atoms with E-state index in [-0.39, 0.29) is 0 Å². The molecule has 0 aliphatic carbocycles. The summed E-state index contributed by atoms with van der Waals surface area (Å²) in [6, 6.07) is 4.22. The van der Waals surface area contributed by atoms with E-state index in [1.165, 1.54) is 25.5 Å². The lowest BCUT2D eigenvalue weighted by molar-refractivity contribution is 0.411. The van der Waals surface area contributed by atoms with Crippen molar-refractivity contribution in [3.8, 4) is 5.75 Å². The van der Waals surface area contributed by atoms with Crippen molar-refractivity contribution in [1.29, 1.82) is 0 Å². The summed E-state index contributed by atoms with van der Waals surface area (Å²) in [5.74, 6) is 0.000307. The van der Waals surface area contributed by atoms with Gasteiger partial charge in [0.05, 0.1) is 11.9 Å². The van der Waals surface area contributed by atoms with Gasteiger partial charge in [-0.05, 0) is 32.9 Å². The maximum absolute atomic E-state index is 13.2. The minimum atomic E-state index is -1.35. The first kappa shape index (κ1) is 13.8. The Labute approximate surface area is 103 Å². The molecular formula is C12H16FNO2S. The van der Waals surface area contributed by atoms with E-state index in [2.05, 4.69) is 4.40 Å². The number of hydrogen-bond acceptors (Lipinski definition) is 2. The third-order valence-corrected chi connectivity index (χ3v) is 3.30. The van der Waals surface area contributed by atoms with Crippen LogP contribution >= 0.6 is 0 Å². The average Bonchev–Trinajstić information content (AvgIpc) is 2.23. The predicted octanol–water partition coefficient (Wildman–Crippen LogP) is 2.72. The van der Waals surface area contributed by atoms with Crippen molar-refractivity contribution in [2.24, 2.45) is 4.40 Å². The van der Waals surface area contributed by atoms with E-state index in [4.69, 9.17) is 4.74 Å². The zero-order valence-electron chi connectivity index (χ0n) is 10.4. The van der Waals surface area contributed by atoms with Crippen LogP contribution in [0.1, 0.15) is 26.3 Å². The molecule has 1 rings (SSSR count). The number of hydrogen-bond donors (Lipinski definition) is 0. The van der Waals surface area contributed by atoms with Gasteiger partial charge in [-0.25, -0.2) is 8.60 Å². The monoisotopic (exact) mass is 257 g/mol. The quantitative estimate of drug-likeness (QED) is 0.781. The standard InChI is InChI=1S/C12H16FNO2S/c1-12(2,3)17(15)14-8-9-5-10(13)7-11(6-9)16-4/h5-8H,1-4H3/b14-8-/t17-/m0/s1. The van der Waals surface area contributed by atoms with E-state index in [0.29, 0.717) is 11.3 Å². The van der Waals surface area contributed by atoms with Gasteiger partial charge in [-0.15, -0.1) is 0 Å². The van der Waals surface area contributed by atoms with Gasteiger partial charge in [0.1, 0.15) is 22.6 Å². The van der Waals surface area contributed by atoms with Crippen LogP contribution in [-0.4, -0.2) is 22.3 Å². The highest BCUT2D eigenvalue weighted by Crippen LogP contribution is 2.16. The summed E-state index contributed by atoms with van der Waals surface area (Å²) in [6.45, 7) is 5.48. The summed E-state index contributed by atoms with van der Waals surface area (Å²) in [5, 5.41) is 0. The van der Waals surface area contributed by atoms with Crippen LogP contribution in [0, 0.1) is 5.82 Å². The molecular weight excluding hydrogens is 241 g/mol. The molecule has 0 saturated carbocycles. The Morgan fingerprint density at radius 2 is 2.00 bits per heavy atom. The maximum atomic E-state index is 13.2. The van der Waals surface area contributed by atoms with Gasteiger partial charge >= 0.3 is 0 Å². The molecule has 0 bridgehead atoms. The molecule has 1 aromatic carbocycles. The fourth-order valence-corrected chi connectivity index (χ4v) is 1.58. The molecule has 0 heterocycles. The van der Waals surface area contributed by atoms with Crippen molar-refractivity contribution in [2.75, 3.05) is 7.11 Å². The van der Waals surface area contributed by atoms with Crippen LogP contribution in [0.5, 0.6) is 5.75 Å². The van der Waals surface area contributed by atoms with Crippen molar-refractivity contribution in [2.45, 2.75) is 25.5 Å². The van der Waals surface area contributed by atoms with Crippen molar-refractivity contribution < 1.29 is 13.3 Å². The first-order valence-corrected chi connectivity index (χ1v) is 6.24. The number of halogens is 1. The molecule has 17 heavy (non-hydrogen) atoms. The topological polar surface area (TPSA) is 38.7 Å². The molecule has 1 aromatic rings. The molecule has 0 aliphatic heterocycles. The molecule has 0 spiro atoms. The van der Waals surface area contributed by atoms with Gasteiger partial charge in [0.15, 0.2) is 0 Å². The Hall–Kier alpha value is -1.23. The lowest BCUT2D eigenvalue weighted by atomic mass is 10.2. The van der Waals surface area contributed by atoms with Crippen LogP contribution in [0.3, 0.4) is 0 Å². The SMILES string of the molecule is COc1cc(F)cc(/C=N\[S@@](=O)C(C)(C)C)c1. The van der Waals surface area contributed by atoms with E-state index in [9.17, 15) is 8.60 Å². The van der Waals surface area contributed by atoms with Gasteiger partial charge in [-0.3, -0.25) is 0 Å². The second-order valence-corrected chi connectivity index (χ2v) is 6.45. The number of rotatable bonds is 3. The largest absolute Gasteiger partial charge is 0.497 e. The second kappa shape index (κ2) is 5.40. The summed E-state index contributed by atoms with van der Waals surface area (Å²) in [7, 11) is 0.114. The van der Waals surface area contributed by atoms with Crippen molar-refractivity contribution in [3.05, 3.63) is 29.6 Å². The molecule has 0 radical (unpaired) electrons. The third kappa shape index (κ3) is 4.26. The Balaban J connectivity index is 2.92. The molecule has 0 unspecified atom stereocenters. The first-order chi connectivity index (χ1) is 7.82. The van der Waals surface area contributed by atoms with Gasteiger partial charge in [-0.1, -0.05) is 0 Å². The second-order valence-electron chi connectivity index (χ2n) is 4.52. The van der Waals surface area contributed by atoms with E-state index < -0.39 is 21.5 Å². The summed E-state index contributed by atoms with van der Waals surface area (Å²) in [4.78, 5) is 0. The minimum Gasteiger partial charge on any atom is -0.497 e. The molecule has 0 N–H and O–H groups in total. The van der Waals surface area contributed by atoms with Crippen LogP contribution in [0.2, 0.25) is 0 Å². The van der Waals surface area contributed by atoms with Gasteiger partial charge in [0.2, 0.25) is 0 Å². The van der Waals surface area contributed by atoms with Gasteiger partial charge in [-0.2, -0.15) is 4.40 Å². The summed E-state index contributed by atoms with van der Waals surface area (Å²) >= 11 is 0. The number of benzene rings is 1. The fourth-order valence-electron chi connectivity index (χ4n) is 1.04. The lowest BCUT2D eigenvalue weighted by Crippen LogP contribution is -2.19. The first-order valence-electron chi connectivity index (χ1n) is 5.13. The molecule has 94 valence electrons. The summed E-state index contributed by atoms with van der Waals surface area (Å²) in [6.07, 6.45) is 1.40. The van der Waals surface area contributed by atoms with Crippen molar-refractivity contribution in [3.63, 3.8) is 0 Å². The smallest absolute Gasteiger partial charge is 0.144 e. The van der Waals surface area contributed by atoms with Crippen LogP contribution in [0.4, 0.5) is 4.39 Å². The Bertz CT molecular complexity index is 452. The van der Waals surface area contributed by atoms with E-state index in [1.807, 2.05) is 20.8 Å². The Morgan fingerprint density at radius 1 is 1.35 bits per heavy atom. The van der Waals surface area contributed by atoms with Gasteiger partial charge in [0.25, 0.3) is 0 Å². The zero-order chi connectivity index (χ0) is 13.1. The van der Waals surface area contributed by atoms with Crippen LogP contribution in [-0.2, 0) is 11.0 Å². The number of ether oxygens (including phenoxy) is 1. The van der Waals surface area contributed by atoms with E-state index in [0.717, 1.165) is 0 Å². The highest BCUT2D eigenvalue weighted by molar-refractivity contribution is 7.85. The zero-order valence-corrected chi connectivity index (χ0v) is 11.2. The third-order valence-electron chi connectivity index (χ3n) is 1.95. The highest BCUT2D eigenvalue weighted by Gasteiger charge is 2.18. The summed E-state index contributed by atoms with van der Waals surface area (Å²) < 4.78 is 33.2. The van der Waals surface area contributed by atoms with Crippen LogP contribution in [0.15, 0.2) is 22.6 Å². The van der Waals surface area contributed by atoms with Crippen molar-refractivity contribution in [1.82, 2.24) is 0 Å². The van der Waals surface area contributed by atoms with Crippen LogP contribution in [0.25, 0.3) is 0 Å². The van der Waals surface area contributed by atoms with E-state index in [1.54, 1.807) is 6.07 Å². The van der Waals surface area contributed by atoms with Crippen LogP contribution < -0.4 is 4.74 Å². The molecule has 0 aromatic heterocycles. The molecule has 0 amide bonds. The molecule has 3 nitrogen and oxygen atoms in total. The van der Waals surface area contributed by atoms with E-state index >= 15 is 0 Å². The molecule has 5 heteroatoms. The lowest BCUT2D eigenvalue weighted by Gasteiger charge is -2.12. The minimum absolute atomic E-state index is 0.410. The van der Waals surface area contributed by atoms with Gasteiger partial charge in [0, 0.05) is 17.8 Å². The number of nitrogens with zero attached hydrogens (tertiary/aromatic N) is 1. The normalized spacial score (nSPS) is 13.9.